The fraction of sp³-hybridized carbons (Fsp3) is 0.605. The summed E-state index contributed by atoms with van der Waals surface area (Å²) in [5, 5.41) is 14.1. The lowest BCUT2D eigenvalue weighted by atomic mass is 9.52. The highest BCUT2D eigenvalue weighted by Crippen LogP contribution is 2.58. The van der Waals surface area contributed by atoms with Gasteiger partial charge in [0.05, 0.1) is 25.4 Å². The Hall–Kier alpha value is -3.99. The van der Waals surface area contributed by atoms with Crippen molar-refractivity contribution < 1.29 is 19.4 Å². The number of carbonyl (C=O) groups is 2. The molecular weight excluding hydrogens is 618 g/mol. The molecule has 2 bridgehead atoms. The number of pyridine rings is 2. The van der Waals surface area contributed by atoms with Gasteiger partial charge in [0.2, 0.25) is 5.91 Å². The van der Waals surface area contributed by atoms with Gasteiger partial charge in [-0.05, 0) is 118 Å². The average molecular weight is 670 g/mol. The molecule has 5 aliphatic rings. The second-order valence-corrected chi connectivity index (χ2v) is 15.6. The number of aromatic nitrogens is 4. The molecule has 11 heteroatoms. The largest absolute Gasteiger partial charge is 0.446 e. The third-order valence-electron chi connectivity index (χ3n) is 11.9. The van der Waals surface area contributed by atoms with Gasteiger partial charge in [-0.1, -0.05) is 6.07 Å². The van der Waals surface area contributed by atoms with Crippen LogP contribution in [0.25, 0.3) is 11.1 Å². The van der Waals surface area contributed by atoms with Gasteiger partial charge in [-0.3, -0.25) is 14.4 Å². The second kappa shape index (κ2) is 13.4. The highest BCUT2D eigenvalue weighted by atomic mass is 16.6. The summed E-state index contributed by atoms with van der Waals surface area (Å²) in [7, 11) is 4.04. The summed E-state index contributed by atoms with van der Waals surface area (Å²) in [6.07, 6.45) is 16.0. The maximum atomic E-state index is 14.6. The van der Waals surface area contributed by atoms with Crippen molar-refractivity contribution in [2.75, 3.05) is 43.5 Å². The van der Waals surface area contributed by atoms with E-state index in [1.807, 2.05) is 47.0 Å². The van der Waals surface area contributed by atoms with E-state index in [9.17, 15) is 14.7 Å². The van der Waals surface area contributed by atoms with Crippen LogP contribution in [0.5, 0.6) is 0 Å². The van der Waals surface area contributed by atoms with Crippen LogP contribution in [0.3, 0.4) is 0 Å². The molecule has 5 fully saturated rings. The van der Waals surface area contributed by atoms with Crippen LogP contribution in [0.1, 0.15) is 89.7 Å². The van der Waals surface area contributed by atoms with Crippen molar-refractivity contribution in [1.29, 1.82) is 0 Å². The number of aliphatic hydroxyl groups is 1. The highest BCUT2D eigenvalue weighted by molar-refractivity contribution is 5.95. The number of amides is 2. The summed E-state index contributed by atoms with van der Waals surface area (Å²) >= 11 is 0. The molecule has 1 aliphatic heterocycles. The number of hydrogen-bond acceptors (Lipinski definition) is 8. The van der Waals surface area contributed by atoms with Crippen molar-refractivity contribution in [1.82, 2.24) is 24.6 Å². The Bertz CT molecular complexity index is 1610. The first-order chi connectivity index (χ1) is 23.5. The van der Waals surface area contributed by atoms with Gasteiger partial charge in [0.1, 0.15) is 17.7 Å². The van der Waals surface area contributed by atoms with Crippen molar-refractivity contribution in [3.63, 3.8) is 0 Å². The van der Waals surface area contributed by atoms with Crippen molar-refractivity contribution in [2.24, 2.45) is 11.3 Å². The van der Waals surface area contributed by atoms with Gasteiger partial charge in [-0.25, -0.2) is 14.8 Å². The van der Waals surface area contributed by atoms with Gasteiger partial charge in [-0.15, -0.1) is 0 Å². The first-order valence-electron chi connectivity index (χ1n) is 18.1. The first-order valence-corrected chi connectivity index (χ1v) is 18.1. The first kappa shape index (κ1) is 33.5. The van der Waals surface area contributed by atoms with Gasteiger partial charge >= 0.3 is 6.09 Å². The number of aliphatic hydroxyl groups excluding tert-OH is 1. The summed E-state index contributed by atoms with van der Waals surface area (Å²) in [5.74, 6) is 1.65. The molecule has 4 heterocycles. The molecule has 0 atom stereocenters. The lowest BCUT2D eigenvalue weighted by molar-refractivity contribution is -0.124. The van der Waals surface area contributed by atoms with Gasteiger partial charge < -0.3 is 19.6 Å². The second-order valence-electron chi connectivity index (χ2n) is 15.6. The van der Waals surface area contributed by atoms with Crippen LogP contribution >= 0.6 is 0 Å². The number of ether oxygens (including phenoxy) is 1. The standard InChI is InChI=1S/C38H51N7O4/c1-26(2)45-22-29(20-41-45)28-11-18-39-34(19-28)44(35(47)27-5-8-32(9-6-27)49-36(48)43-23-31(46)24-43)25-37-12-15-38(16-13-37,17-14-37)30-7-10-33(40-21-30)42(3)4/h7,10-11,18-22,26-27,31-32,46H,5-6,8-9,12-17,23-25H2,1-4H3/t27-,32-,37?,38?. The SMILES string of the molecule is CC(C)n1cc(-c2ccnc(N(CC34CCC(c5ccc(N(C)C)nc5)(CC3)CC4)C(=O)[C@H]3CC[C@H](OC(=O)N4CC(O)C4)CC3)c2)cn1. The summed E-state index contributed by atoms with van der Waals surface area (Å²) < 4.78 is 7.70. The minimum Gasteiger partial charge on any atom is -0.446 e. The van der Waals surface area contributed by atoms with E-state index in [4.69, 9.17) is 14.7 Å². The molecule has 49 heavy (non-hydrogen) atoms. The number of fused-ring (bicyclic) bond motifs is 3. The molecule has 0 aromatic carbocycles. The van der Waals surface area contributed by atoms with Crippen molar-refractivity contribution in [3.8, 4) is 11.1 Å². The molecule has 2 amide bonds. The average Bonchev–Trinajstić information content (AvgIpc) is 3.62. The summed E-state index contributed by atoms with van der Waals surface area (Å²) in [5.41, 5.74) is 3.56. The molecular formula is C38H51N7O4. The summed E-state index contributed by atoms with van der Waals surface area (Å²) in [6.45, 7) is 5.53. The molecule has 11 nitrogen and oxygen atoms in total. The number of hydrogen-bond donors (Lipinski definition) is 1. The molecule has 1 N–H and O–H groups in total. The lowest BCUT2D eigenvalue weighted by Gasteiger charge is -2.55. The Kier molecular flexibility index (Phi) is 9.15. The van der Waals surface area contributed by atoms with E-state index >= 15 is 0 Å². The van der Waals surface area contributed by atoms with Gasteiger partial charge in [0.15, 0.2) is 0 Å². The van der Waals surface area contributed by atoms with E-state index in [0.29, 0.717) is 51.1 Å². The third-order valence-corrected chi connectivity index (χ3v) is 11.9. The zero-order valence-electron chi connectivity index (χ0n) is 29.4. The molecule has 0 spiro atoms. The molecule has 1 saturated heterocycles. The molecule has 0 unspecified atom stereocenters. The van der Waals surface area contributed by atoms with E-state index in [2.05, 4.69) is 49.5 Å². The fourth-order valence-corrected chi connectivity index (χ4v) is 8.49. The molecule has 4 saturated carbocycles. The van der Waals surface area contributed by atoms with Crippen molar-refractivity contribution >= 4 is 23.6 Å². The normalized spacial score (nSPS) is 26.8. The van der Waals surface area contributed by atoms with E-state index in [1.54, 1.807) is 0 Å². The number of carbonyl (C=O) groups excluding carboxylic acids is 2. The maximum Gasteiger partial charge on any atom is 0.410 e. The third kappa shape index (κ3) is 6.78. The van der Waals surface area contributed by atoms with Gasteiger partial charge in [0.25, 0.3) is 0 Å². The van der Waals surface area contributed by atoms with Gasteiger partial charge in [0, 0.05) is 56.8 Å². The van der Waals surface area contributed by atoms with Crippen LogP contribution in [0.2, 0.25) is 0 Å². The van der Waals surface area contributed by atoms with Crippen LogP contribution < -0.4 is 9.80 Å². The molecule has 4 aliphatic carbocycles. The lowest BCUT2D eigenvalue weighted by Crippen LogP contribution is -2.54. The van der Waals surface area contributed by atoms with Crippen LogP contribution in [-0.4, -0.2) is 87.7 Å². The van der Waals surface area contributed by atoms with Crippen LogP contribution in [0, 0.1) is 11.3 Å². The summed E-state index contributed by atoms with van der Waals surface area (Å²) in [4.78, 5) is 42.2. The summed E-state index contributed by atoms with van der Waals surface area (Å²) in [6, 6.07) is 8.71. The molecule has 3 aromatic heterocycles. The zero-order chi connectivity index (χ0) is 34.3. The van der Waals surface area contributed by atoms with E-state index < -0.39 is 6.10 Å². The molecule has 3 aromatic rings. The van der Waals surface area contributed by atoms with Crippen molar-refractivity contribution in [3.05, 3.63) is 54.6 Å². The Balaban J connectivity index is 1.09. The molecule has 262 valence electrons. The van der Waals surface area contributed by atoms with Crippen LogP contribution in [-0.2, 0) is 14.9 Å². The number of rotatable bonds is 9. The minimum atomic E-state index is -0.457. The van der Waals surface area contributed by atoms with E-state index in [1.165, 1.54) is 10.5 Å². The Morgan fingerprint density at radius 3 is 2.24 bits per heavy atom. The monoisotopic (exact) mass is 669 g/mol. The zero-order valence-corrected chi connectivity index (χ0v) is 29.4. The number of likely N-dealkylation sites (tertiary alicyclic amines) is 1. The van der Waals surface area contributed by atoms with Crippen LogP contribution in [0.15, 0.2) is 49.1 Å². The predicted molar refractivity (Wildman–Crippen MR) is 188 cm³/mol. The highest BCUT2D eigenvalue weighted by Gasteiger charge is 2.51. The predicted octanol–water partition coefficient (Wildman–Crippen LogP) is 5.98. The Morgan fingerprint density at radius 2 is 1.65 bits per heavy atom. The number of nitrogens with zero attached hydrogens (tertiary/aromatic N) is 7. The maximum absolute atomic E-state index is 14.6. The Labute approximate surface area is 289 Å². The Morgan fingerprint density at radius 1 is 0.939 bits per heavy atom. The smallest absolute Gasteiger partial charge is 0.410 e. The van der Waals surface area contributed by atoms with Crippen LogP contribution in [0.4, 0.5) is 16.4 Å². The van der Waals surface area contributed by atoms with Gasteiger partial charge in [-0.2, -0.15) is 5.10 Å². The quantitative estimate of drug-likeness (QED) is 0.296. The van der Waals surface area contributed by atoms with E-state index in [-0.39, 0.29) is 40.9 Å². The number of β-amino-alcohol motifs (C(OH)–C–C–N with tert-alkyl or cyclic N) is 1. The minimum absolute atomic E-state index is 0.0448. The topological polar surface area (TPSA) is 117 Å². The molecule has 0 radical (unpaired) electrons. The number of anilines is 2. The van der Waals surface area contributed by atoms with E-state index in [0.717, 1.165) is 55.5 Å². The molecule has 8 rings (SSSR count). The van der Waals surface area contributed by atoms with Crippen molar-refractivity contribution in [2.45, 2.75) is 102 Å². The fourth-order valence-electron chi connectivity index (χ4n) is 8.49.